The number of rotatable bonds is 7. The molecule has 6 nitrogen and oxygen atoms in total. The van der Waals surface area contributed by atoms with E-state index in [0.717, 1.165) is 24.2 Å². The number of ether oxygens (including phenoxy) is 1. The van der Waals surface area contributed by atoms with Crippen molar-refractivity contribution in [3.05, 3.63) is 41.3 Å². The minimum atomic E-state index is -3.69. The molecule has 2 aromatic rings. The molecule has 1 saturated carbocycles. The second kappa shape index (κ2) is 6.80. The lowest BCUT2D eigenvalue weighted by atomic mass is 10.1. The van der Waals surface area contributed by atoms with Crippen LogP contribution in [0.1, 0.15) is 36.8 Å². The maximum absolute atomic E-state index is 13.3. The molecular weight excluding hydrogens is 340 g/mol. The quantitative estimate of drug-likeness (QED) is 0.754. The van der Waals surface area contributed by atoms with Crippen LogP contribution < -0.4 is 4.74 Å². The number of sulfonamides is 1. The summed E-state index contributed by atoms with van der Waals surface area (Å²) >= 11 is 0. The highest BCUT2D eigenvalue weighted by molar-refractivity contribution is 7.89. The molecular formula is C18H24N2O4S. The van der Waals surface area contributed by atoms with E-state index in [0.29, 0.717) is 23.9 Å². The van der Waals surface area contributed by atoms with Gasteiger partial charge in [0.2, 0.25) is 10.0 Å². The van der Waals surface area contributed by atoms with Crippen molar-refractivity contribution in [2.75, 3.05) is 7.11 Å². The molecule has 1 fully saturated rings. The minimum absolute atomic E-state index is 0.0687. The molecule has 1 aliphatic rings. The van der Waals surface area contributed by atoms with Crippen molar-refractivity contribution in [2.24, 2.45) is 5.92 Å². The highest BCUT2D eigenvalue weighted by Crippen LogP contribution is 2.38. The third-order valence-corrected chi connectivity index (χ3v) is 6.97. The molecule has 1 atom stereocenters. The first-order valence-electron chi connectivity index (χ1n) is 8.42. The fraction of sp³-hybridized carbons (Fsp3) is 0.500. The van der Waals surface area contributed by atoms with Crippen LogP contribution in [0.5, 0.6) is 5.75 Å². The Morgan fingerprint density at radius 2 is 1.92 bits per heavy atom. The zero-order valence-corrected chi connectivity index (χ0v) is 15.8. The van der Waals surface area contributed by atoms with Crippen molar-refractivity contribution in [1.82, 2.24) is 9.46 Å². The normalized spacial score (nSPS) is 16.2. The Morgan fingerprint density at radius 3 is 2.40 bits per heavy atom. The number of methoxy groups -OCH3 is 1. The third kappa shape index (κ3) is 3.57. The van der Waals surface area contributed by atoms with Gasteiger partial charge in [0.05, 0.1) is 7.11 Å². The first-order chi connectivity index (χ1) is 11.8. The Kier molecular flexibility index (Phi) is 4.88. The number of benzene rings is 1. The Balaban J connectivity index is 1.96. The van der Waals surface area contributed by atoms with Gasteiger partial charge in [-0.3, -0.25) is 0 Å². The van der Waals surface area contributed by atoms with Crippen molar-refractivity contribution < 1.29 is 17.7 Å². The van der Waals surface area contributed by atoms with Gasteiger partial charge in [-0.15, -0.1) is 0 Å². The molecule has 1 aromatic heterocycles. The predicted molar refractivity (Wildman–Crippen MR) is 93.9 cm³/mol. The van der Waals surface area contributed by atoms with Crippen molar-refractivity contribution >= 4 is 10.0 Å². The SMILES string of the molecule is COc1ccc(CN(C(C)C2CC2)S(=O)(=O)c2c(C)noc2C)cc1. The van der Waals surface area contributed by atoms with E-state index in [2.05, 4.69) is 5.16 Å². The standard InChI is InChI=1S/C18H24N2O4S/c1-12-18(14(3)24-19-12)25(21,22)20(13(2)16-7-8-16)11-15-5-9-17(23-4)10-6-15/h5-6,9-10,13,16H,7-8,11H2,1-4H3. The van der Waals surface area contributed by atoms with E-state index in [1.54, 1.807) is 25.3 Å². The Hall–Kier alpha value is -1.86. The van der Waals surface area contributed by atoms with Crippen LogP contribution in [0.25, 0.3) is 0 Å². The van der Waals surface area contributed by atoms with Crippen LogP contribution in [0.4, 0.5) is 0 Å². The summed E-state index contributed by atoms with van der Waals surface area (Å²) in [5, 5.41) is 3.82. The van der Waals surface area contributed by atoms with Crippen molar-refractivity contribution in [3.8, 4) is 5.75 Å². The molecule has 1 unspecified atom stereocenters. The second-order valence-corrected chi connectivity index (χ2v) is 8.46. The number of aromatic nitrogens is 1. The van der Waals surface area contributed by atoms with Gasteiger partial charge in [0.1, 0.15) is 16.3 Å². The highest BCUT2D eigenvalue weighted by Gasteiger charge is 2.40. The van der Waals surface area contributed by atoms with E-state index in [4.69, 9.17) is 9.26 Å². The van der Waals surface area contributed by atoms with E-state index in [-0.39, 0.29) is 10.9 Å². The zero-order valence-electron chi connectivity index (χ0n) is 15.0. The number of hydrogen-bond acceptors (Lipinski definition) is 5. The summed E-state index contributed by atoms with van der Waals surface area (Å²) in [4.78, 5) is 0.188. The summed E-state index contributed by atoms with van der Waals surface area (Å²) < 4.78 is 38.5. The molecule has 1 aliphatic carbocycles. The van der Waals surface area contributed by atoms with Gasteiger partial charge in [0.15, 0.2) is 5.76 Å². The van der Waals surface area contributed by atoms with Gasteiger partial charge in [-0.1, -0.05) is 17.3 Å². The van der Waals surface area contributed by atoms with Crippen LogP contribution >= 0.6 is 0 Å². The van der Waals surface area contributed by atoms with Crippen LogP contribution in [0.15, 0.2) is 33.7 Å². The van der Waals surface area contributed by atoms with Crippen LogP contribution in [0, 0.1) is 19.8 Å². The molecule has 1 aromatic carbocycles. The van der Waals surface area contributed by atoms with E-state index < -0.39 is 10.0 Å². The van der Waals surface area contributed by atoms with E-state index >= 15 is 0 Å². The van der Waals surface area contributed by atoms with Crippen molar-refractivity contribution in [3.63, 3.8) is 0 Å². The van der Waals surface area contributed by atoms with Gasteiger partial charge < -0.3 is 9.26 Å². The maximum Gasteiger partial charge on any atom is 0.249 e. The summed E-state index contributed by atoms with van der Waals surface area (Å²) in [6.07, 6.45) is 2.13. The molecule has 25 heavy (non-hydrogen) atoms. The molecule has 0 N–H and O–H groups in total. The maximum atomic E-state index is 13.3. The Bertz CT molecular complexity index is 819. The summed E-state index contributed by atoms with van der Waals surface area (Å²) in [6, 6.07) is 7.42. The van der Waals surface area contributed by atoms with Gasteiger partial charge in [-0.2, -0.15) is 4.31 Å². The van der Waals surface area contributed by atoms with Crippen molar-refractivity contribution in [1.29, 1.82) is 0 Å². The van der Waals surface area contributed by atoms with Crippen LogP contribution in [0.2, 0.25) is 0 Å². The predicted octanol–water partition coefficient (Wildman–Crippen LogP) is 3.29. The summed E-state index contributed by atoms with van der Waals surface area (Å²) in [7, 11) is -2.08. The highest BCUT2D eigenvalue weighted by atomic mass is 32.2. The van der Waals surface area contributed by atoms with Gasteiger partial charge in [-0.05, 0) is 57.2 Å². The number of aryl methyl sites for hydroxylation is 2. The van der Waals surface area contributed by atoms with E-state index in [1.165, 1.54) is 0 Å². The van der Waals surface area contributed by atoms with Crippen LogP contribution in [-0.2, 0) is 16.6 Å². The molecule has 0 spiro atoms. The van der Waals surface area contributed by atoms with Gasteiger partial charge in [0.25, 0.3) is 0 Å². The molecule has 136 valence electrons. The zero-order chi connectivity index (χ0) is 18.2. The molecule has 0 bridgehead atoms. The Labute approximate surface area is 148 Å². The smallest absolute Gasteiger partial charge is 0.249 e. The van der Waals surface area contributed by atoms with Gasteiger partial charge in [-0.25, -0.2) is 8.42 Å². The second-order valence-electron chi connectivity index (χ2n) is 6.63. The van der Waals surface area contributed by atoms with E-state index in [9.17, 15) is 8.42 Å². The minimum Gasteiger partial charge on any atom is -0.497 e. The fourth-order valence-electron chi connectivity index (χ4n) is 3.13. The fourth-order valence-corrected chi connectivity index (χ4v) is 5.11. The monoisotopic (exact) mass is 364 g/mol. The van der Waals surface area contributed by atoms with Gasteiger partial charge in [0, 0.05) is 12.6 Å². The molecule has 0 saturated heterocycles. The Morgan fingerprint density at radius 1 is 1.28 bits per heavy atom. The van der Waals surface area contributed by atoms with E-state index in [1.807, 2.05) is 31.2 Å². The lowest BCUT2D eigenvalue weighted by Crippen LogP contribution is -2.39. The summed E-state index contributed by atoms with van der Waals surface area (Å²) in [5.41, 5.74) is 1.32. The molecule has 1 heterocycles. The molecule has 0 aliphatic heterocycles. The average Bonchev–Trinajstić information content (AvgIpc) is 3.37. The van der Waals surface area contributed by atoms with Crippen LogP contribution in [-0.4, -0.2) is 31.0 Å². The summed E-state index contributed by atoms with van der Waals surface area (Å²) in [6.45, 7) is 5.60. The topological polar surface area (TPSA) is 72.6 Å². The van der Waals surface area contributed by atoms with Crippen LogP contribution in [0.3, 0.4) is 0 Å². The molecule has 3 rings (SSSR count). The lowest BCUT2D eigenvalue weighted by molar-refractivity contribution is 0.302. The van der Waals surface area contributed by atoms with Gasteiger partial charge >= 0.3 is 0 Å². The molecule has 0 amide bonds. The average molecular weight is 364 g/mol. The molecule has 0 radical (unpaired) electrons. The number of nitrogens with zero attached hydrogens (tertiary/aromatic N) is 2. The first kappa shape index (κ1) is 17.9. The third-order valence-electron chi connectivity index (χ3n) is 4.79. The number of hydrogen-bond donors (Lipinski definition) is 0. The lowest BCUT2D eigenvalue weighted by Gasteiger charge is -2.28. The molecule has 7 heteroatoms. The summed E-state index contributed by atoms with van der Waals surface area (Å²) in [5.74, 6) is 1.49. The van der Waals surface area contributed by atoms with Crippen molar-refractivity contribution in [2.45, 2.75) is 51.1 Å². The largest absolute Gasteiger partial charge is 0.497 e. The first-order valence-corrected chi connectivity index (χ1v) is 9.86.